The van der Waals surface area contributed by atoms with E-state index in [4.69, 9.17) is 4.74 Å². The number of halogens is 3. The monoisotopic (exact) mass is 492 g/mol. The highest BCUT2D eigenvalue weighted by molar-refractivity contribution is 5.67. The summed E-state index contributed by atoms with van der Waals surface area (Å²) in [7, 11) is 1.46. The molecule has 0 amide bonds. The maximum absolute atomic E-state index is 14.9. The molecule has 0 radical (unpaired) electrons. The fraction of sp³-hybridized carbons (Fsp3) is 0.375. The van der Waals surface area contributed by atoms with Crippen LogP contribution in [0, 0.1) is 23.4 Å². The Hall–Kier alpha value is -3.01. The first-order valence-electron chi connectivity index (χ1n) is 13.1. The molecule has 0 spiro atoms. The Kier molecular flexibility index (Phi) is 8.90. The third-order valence-electron chi connectivity index (χ3n) is 7.41. The van der Waals surface area contributed by atoms with Crippen LogP contribution in [0.2, 0.25) is 0 Å². The van der Waals surface area contributed by atoms with Crippen molar-refractivity contribution < 1.29 is 17.9 Å². The number of ether oxygens (including phenoxy) is 1. The summed E-state index contributed by atoms with van der Waals surface area (Å²) in [5.74, 6) is -1.08. The lowest BCUT2D eigenvalue weighted by molar-refractivity contribution is 0.370. The van der Waals surface area contributed by atoms with Gasteiger partial charge in [0.15, 0.2) is 23.2 Å². The Morgan fingerprint density at radius 3 is 2.28 bits per heavy atom. The summed E-state index contributed by atoms with van der Waals surface area (Å²) in [6, 6.07) is 16.3. The molecular formula is C32H35F3O. The van der Waals surface area contributed by atoms with Crippen LogP contribution in [0.4, 0.5) is 13.2 Å². The summed E-state index contributed by atoms with van der Waals surface area (Å²) < 4.78 is 48.9. The lowest BCUT2D eigenvalue weighted by atomic mass is 9.78. The van der Waals surface area contributed by atoms with E-state index in [9.17, 15) is 13.2 Å². The van der Waals surface area contributed by atoms with Crippen LogP contribution in [0.1, 0.15) is 74.5 Å². The maximum atomic E-state index is 14.9. The summed E-state index contributed by atoms with van der Waals surface area (Å²) in [4.78, 5) is 0. The van der Waals surface area contributed by atoms with Gasteiger partial charge < -0.3 is 4.74 Å². The minimum Gasteiger partial charge on any atom is -0.494 e. The number of hydrogen-bond donors (Lipinski definition) is 0. The van der Waals surface area contributed by atoms with Gasteiger partial charge in [-0.25, -0.2) is 13.2 Å². The van der Waals surface area contributed by atoms with Gasteiger partial charge in [-0.1, -0.05) is 74.4 Å². The molecule has 4 heteroatoms. The minimum atomic E-state index is -0.807. The number of allylic oxidation sites excluding steroid dienone is 1. The Bertz CT molecular complexity index is 1170. The highest BCUT2D eigenvalue weighted by atomic mass is 19.2. The summed E-state index contributed by atoms with van der Waals surface area (Å²) in [6.07, 6.45) is 12.0. The van der Waals surface area contributed by atoms with Gasteiger partial charge in [-0.05, 0) is 79.2 Å². The fourth-order valence-corrected chi connectivity index (χ4v) is 5.17. The van der Waals surface area contributed by atoms with Crippen LogP contribution in [0.15, 0.2) is 60.7 Å². The van der Waals surface area contributed by atoms with Gasteiger partial charge in [-0.2, -0.15) is 0 Å². The molecule has 0 bridgehead atoms. The second-order valence-corrected chi connectivity index (χ2v) is 9.85. The molecule has 1 aliphatic rings. The topological polar surface area (TPSA) is 9.23 Å². The van der Waals surface area contributed by atoms with E-state index >= 15 is 0 Å². The molecule has 0 heterocycles. The van der Waals surface area contributed by atoms with Gasteiger partial charge in [-0.15, -0.1) is 0 Å². The van der Waals surface area contributed by atoms with Gasteiger partial charge in [0.1, 0.15) is 0 Å². The lowest BCUT2D eigenvalue weighted by Gasteiger charge is -2.27. The van der Waals surface area contributed by atoms with E-state index < -0.39 is 11.6 Å². The van der Waals surface area contributed by atoms with Gasteiger partial charge >= 0.3 is 0 Å². The summed E-state index contributed by atoms with van der Waals surface area (Å²) >= 11 is 0. The molecule has 0 aromatic heterocycles. The van der Waals surface area contributed by atoms with E-state index in [1.54, 1.807) is 30.3 Å². The molecule has 36 heavy (non-hydrogen) atoms. The predicted octanol–water partition coefficient (Wildman–Crippen LogP) is 9.50. The second kappa shape index (κ2) is 12.3. The normalized spacial score (nSPS) is 18.0. The number of aryl methyl sites for hydroxylation is 1. The van der Waals surface area contributed by atoms with Gasteiger partial charge in [-0.3, -0.25) is 0 Å². The smallest absolute Gasteiger partial charge is 0.167 e. The van der Waals surface area contributed by atoms with Crippen molar-refractivity contribution in [1.29, 1.82) is 0 Å². The highest BCUT2D eigenvalue weighted by Gasteiger charge is 2.22. The van der Waals surface area contributed by atoms with E-state index in [2.05, 4.69) is 6.92 Å². The van der Waals surface area contributed by atoms with E-state index in [0.717, 1.165) is 44.1 Å². The number of hydrogen-bond acceptors (Lipinski definition) is 1. The van der Waals surface area contributed by atoms with E-state index in [0.29, 0.717) is 17.4 Å². The summed E-state index contributed by atoms with van der Waals surface area (Å²) in [5, 5.41) is 0. The summed E-state index contributed by atoms with van der Waals surface area (Å²) in [5.41, 5.74) is 3.46. The van der Waals surface area contributed by atoms with Crippen molar-refractivity contribution in [1.82, 2.24) is 0 Å². The van der Waals surface area contributed by atoms with Gasteiger partial charge in [0.05, 0.1) is 7.11 Å². The molecule has 0 saturated heterocycles. The first-order chi connectivity index (χ1) is 17.5. The average Bonchev–Trinajstić information content (AvgIpc) is 2.90. The largest absolute Gasteiger partial charge is 0.494 e. The van der Waals surface area contributed by atoms with Crippen LogP contribution in [-0.2, 0) is 6.42 Å². The Balaban J connectivity index is 1.37. The molecule has 1 fully saturated rings. The standard InChI is InChI=1S/C32H35F3O/c1-3-4-5-6-22-9-14-25(15-10-22)28-19-17-26(31(34)32(28)35)16-11-23-7-12-24(13-8-23)27-18-20-30(36-2)29(33)21-27/h9-11,14-21,23-24H,3-8,12-13H2,1-2H3. The highest BCUT2D eigenvalue weighted by Crippen LogP contribution is 2.38. The zero-order valence-electron chi connectivity index (χ0n) is 21.2. The first-order valence-corrected chi connectivity index (χ1v) is 13.1. The average molecular weight is 493 g/mol. The molecule has 0 unspecified atom stereocenters. The Labute approximate surface area is 213 Å². The van der Waals surface area contributed by atoms with Crippen LogP contribution >= 0.6 is 0 Å². The van der Waals surface area contributed by atoms with Crippen molar-refractivity contribution in [2.45, 2.75) is 64.2 Å². The van der Waals surface area contributed by atoms with Crippen LogP contribution < -0.4 is 4.74 Å². The SMILES string of the molecule is CCCCCc1ccc(-c2ccc(C=CC3CCC(c4ccc(OC)c(F)c4)CC3)c(F)c2F)cc1. The van der Waals surface area contributed by atoms with Gasteiger partial charge in [0.2, 0.25) is 0 Å². The van der Waals surface area contributed by atoms with Gasteiger partial charge in [0, 0.05) is 11.1 Å². The van der Waals surface area contributed by atoms with Crippen LogP contribution in [0.3, 0.4) is 0 Å². The first kappa shape index (κ1) is 26.1. The van der Waals surface area contributed by atoms with Crippen LogP contribution in [-0.4, -0.2) is 7.11 Å². The van der Waals surface area contributed by atoms with Crippen LogP contribution in [0.25, 0.3) is 17.2 Å². The molecule has 0 N–H and O–H groups in total. The third-order valence-corrected chi connectivity index (χ3v) is 7.41. The van der Waals surface area contributed by atoms with Crippen molar-refractivity contribution in [3.05, 3.63) is 94.8 Å². The molecule has 1 saturated carbocycles. The minimum absolute atomic E-state index is 0.259. The number of methoxy groups -OCH3 is 1. The van der Waals surface area contributed by atoms with E-state index in [1.807, 2.05) is 36.4 Å². The number of rotatable bonds is 9. The quantitative estimate of drug-likeness (QED) is 0.270. The second-order valence-electron chi connectivity index (χ2n) is 9.85. The van der Waals surface area contributed by atoms with Crippen molar-refractivity contribution in [3.8, 4) is 16.9 Å². The summed E-state index contributed by atoms with van der Waals surface area (Å²) in [6.45, 7) is 2.18. The molecule has 0 aliphatic heterocycles. The zero-order valence-corrected chi connectivity index (χ0v) is 21.2. The molecule has 3 aromatic rings. The van der Waals surface area contributed by atoms with Crippen molar-refractivity contribution in [2.75, 3.05) is 7.11 Å². The molecule has 1 nitrogen and oxygen atoms in total. The number of benzene rings is 3. The van der Waals surface area contributed by atoms with E-state index in [1.165, 1.54) is 25.5 Å². The third kappa shape index (κ3) is 6.21. The fourth-order valence-electron chi connectivity index (χ4n) is 5.17. The Morgan fingerprint density at radius 2 is 1.61 bits per heavy atom. The van der Waals surface area contributed by atoms with Gasteiger partial charge in [0.25, 0.3) is 0 Å². The van der Waals surface area contributed by atoms with Crippen LogP contribution in [0.5, 0.6) is 5.75 Å². The zero-order chi connectivity index (χ0) is 25.5. The number of unbranched alkanes of at least 4 members (excludes halogenated alkanes) is 2. The van der Waals surface area contributed by atoms with Crippen molar-refractivity contribution in [2.24, 2.45) is 5.92 Å². The lowest BCUT2D eigenvalue weighted by Crippen LogP contribution is -2.12. The molecule has 4 rings (SSSR count). The molecule has 190 valence electrons. The maximum Gasteiger partial charge on any atom is 0.167 e. The molecular weight excluding hydrogens is 457 g/mol. The van der Waals surface area contributed by atoms with Crippen molar-refractivity contribution >= 4 is 6.08 Å². The van der Waals surface area contributed by atoms with Crippen molar-refractivity contribution in [3.63, 3.8) is 0 Å². The predicted molar refractivity (Wildman–Crippen MR) is 142 cm³/mol. The molecule has 0 atom stereocenters. The Morgan fingerprint density at radius 1 is 0.861 bits per heavy atom. The van der Waals surface area contributed by atoms with E-state index in [-0.39, 0.29) is 22.7 Å². The molecule has 3 aromatic carbocycles. The molecule has 1 aliphatic carbocycles.